The molecule has 0 aliphatic carbocycles. The number of hydrogen-bond donors (Lipinski definition) is 0. The van der Waals surface area contributed by atoms with E-state index >= 15 is 0 Å². The molecule has 0 saturated heterocycles. The lowest BCUT2D eigenvalue weighted by Crippen LogP contribution is -2.27. The number of aromatic nitrogens is 3. The summed E-state index contributed by atoms with van der Waals surface area (Å²) < 4.78 is 2.92. The number of likely N-dealkylation sites (N-methyl/N-ethyl adjacent to an activating group) is 1. The van der Waals surface area contributed by atoms with Gasteiger partial charge in [-0.2, -0.15) is 5.10 Å². The van der Waals surface area contributed by atoms with Crippen molar-refractivity contribution in [2.24, 2.45) is 5.92 Å². The number of para-hydroxylation sites is 1. The third kappa shape index (κ3) is 4.28. The molecule has 0 radical (unpaired) electrons. The minimum Gasteiger partial charge on any atom is -0.333 e. The van der Waals surface area contributed by atoms with Gasteiger partial charge in [-0.05, 0) is 38.0 Å². The van der Waals surface area contributed by atoms with Gasteiger partial charge in [0.15, 0.2) is 0 Å². The molecular formula is C21H25ClN4OS. The summed E-state index contributed by atoms with van der Waals surface area (Å²) in [4.78, 5) is 19.0. The van der Waals surface area contributed by atoms with Crippen molar-refractivity contribution in [2.45, 2.75) is 40.3 Å². The Labute approximate surface area is 174 Å². The fourth-order valence-corrected chi connectivity index (χ4v) is 4.29. The molecule has 5 nitrogen and oxygen atoms in total. The van der Waals surface area contributed by atoms with Gasteiger partial charge in [-0.25, -0.2) is 4.98 Å². The van der Waals surface area contributed by atoms with Crippen LogP contribution in [0.25, 0.3) is 16.3 Å². The fourth-order valence-electron chi connectivity index (χ4n) is 2.92. The number of rotatable bonds is 6. The molecule has 0 aliphatic heterocycles. The summed E-state index contributed by atoms with van der Waals surface area (Å²) in [6.45, 7) is 8.87. The number of amides is 1. The van der Waals surface area contributed by atoms with Crippen LogP contribution in [0.4, 0.5) is 0 Å². The second-order valence-electron chi connectivity index (χ2n) is 7.34. The van der Waals surface area contributed by atoms with Crippen molar-refractivity contribution in [3.05, 3.63) is 51.8 Å². The normalized spacial score (nSPS) is 13.0. The van der Waals surface area contributed by atoms with Gasteiger partial charge in [0.25, 0.3) is 0 Å². The second kappa shape index (κ2) is 8.45. The first kappa shape index (κ1) is 20.6. The molecule has 0 bridgehead atoms. The first-order valence-corrected chi connectivity index (χ1v) is 10.5. The van der Waals surface area contributed by atoms with E-state index in [2.05, 4.69) is 23.9 Å². The summed E-state index contributed by atoms with van der Waals surface area (Å²) >= 11 is 8.07. The van der Waals surface area contributed by atoms with E-state index < -0.39 is 0 Å². The van der Waals surface area contributed by atoms with Crippen molar-refractivity contribution in [1.29, 1.82) is 0 Å². The van der Waals surface area contributed by atoms with Gasteiger partial charge in [0.2, 0.25) is 5.91 Å². The molecule has 1 atom stereocenters. The largest absolute Gasteiger partial charge is 0.333 e. The molecule has 0 spiro atoms. The maximum absolute atomic E-state index is 12.7. The van der Waals surface area contributed by atoms with Crippen LogP contribution in [0, 0.1) is 12.8 Å². The molecule has 2 aromatic heterocycles. The van der Waals surface area contributed by atoms with Crippen molar-refractivity contribution < 1.29 is 4.79 Å². The second-order valence-corrected chi connectivity index (χ2v) is 8.76. The fraction of sp³-hybridized carbons (Fsp3) is 0.381. The molecule has 0 aliphatic rings. The Hall–Kier alpha value is -2.18. The predicted octanol–water partition coefficient (Wildman–Crippen LogP) is 5.34. The minimum atomic E-state index is -0.116. The van der Waals surface area contributed by atoms with Crippen LogP contribution in [0.2, 0.25) is 5.15 Å². The van der Waals surface area contributed by atoms with Crippen LogP contribution < -0.4 is 0 Å². The van der Waals surface area contributed by atoms with E-state index in [4.69, 9.17) is 11.6 Å². The first-order valence-electron chi connectivity index (χ1n) is 9.31. The van der Waals surface area contributed by atoms with Crippen LogP contribution in [0.15, 0.2) is 30.3 Å². The van der Waals surface area contributed by atoms with E-state index in [1.807, 2.05) is 38.1 Å². The van der Waals surface area contributed by atoms with Crippen LogP contribution >= 0.6 is 22.9 Å². The number of aryl methyl sites for hydroxylation is 1. The third-order valence-electron chi connectivity index (χ3n) is 4.64. The molecule has 7 heteroatoms. The molecular weight excluding hydrogens is 392 g/mol. The molecule has 3 rings (SSSR count). The molecule has 0 saturated carbocycles. The van der Waals surface area contributed by atoms with E-state index in [-0.39, 0.29) is 11.9 Å². The first-order chi connectivity index (χ1) is 13.3. The van der Waals surface area contributed by atoms with Crippen LogP contribution in [-0.4, -0.2) is 32.6 Å². The quantitative estimate of drug-likeness (QED) is 0.509. The molecule has 0 fully saturated rings. The smallest absolute Gasteiger partial charge is 0.246 e. The highest BCUT2D eigenvalue weighted by Gasteiger charge is 2.20. The van der Waals surface area contributed by atoms with E-state index in [1.165, 1.54) is 0 Å². The molecule has 0 unspecified atom stereocenters. The van der Waals surface area contributed by atoms with Crippen LogP contribution in [0.5, 0.6) is 0 Å². The minimum absolute atomic E-state index is 0.0983. The van der Waals surface area contributed by atoms with Crippen LogP contribution in [0.3, 0.4) is 0 Å². The van der Waals surface area contributed by atoms with Gasteiger partial charge >= 0.3 is 0 Å². The van der Waals surface area contributed by atoms with Gasteiger partial charge < -0.3 is 4.90 Å². The van der Waals surface area contributed by atoms with Gasteiger partial charge in [0.05, 0.1) is 22.0 Å². The van der Waals surface area contributed by atoms with Crippen LogP contribution in [-0.2, 0) is 11.3 Å². The molecule has 3 aromatic rings. The number of carbonyl (C=O) groups excluding carboxylic acids is 1. The number of halogens is 1. The summed E-state index contributed by atoms with van der Waals surface area (Å²) in [5.41, 5.74) is 2.57. The number of benzene rings is 1. The summed E-state index contributed by atoms with van der Waals surface area (Å²) in [6, 6.07) is 7.89. The predicted molar refractivity (Wildman–Crippen MR) is 117 cm³/mol. The molecule has 1 aromatic carbocycles. The van der Waals surface area contributed by atoms with Gasteiger partial charge in [-0.3, -0.25) is 9.48 Å². The van der Waals surface area contributed by atoms with Crippen LogP contribution in [0.1, 0.15) is 43.1 Å². The highest BCUT2D eigenvalue weighted by atomic mass is 35.5. The molecule has 148 valence electrons. The Kier molecular flexibility index (Phi) is 6.20. The maximum atomic E-state index is 12.7. The zero-order chi connectivity index (χ0) is 20.4. The zero-order valence-electron chi connectivity index (χ0n) is 16.8. The van der Waals surface area contributed by atoms with Crippen molar-refractivity contribution in [2.75, 3.05) is 7.05 Å². The van der Waals surface area contributed by atoms with Crippen molar-refractivity contribution in [1.82, 2.24) is 19.7 Å². The Morgan fingerprint density at radius 3 is 2.71 bits per heavy atom. The monoisotopic (exact) mass is 416 g/mol. The van der Waals surface area contributed by atoms with Gasteiger partial charge in [-0.15, -0.1) is 11.3 Å². The van der Waals surface area contributed by atoms with E-state index in [0.717, 1.165) is 33.0 Å². The summed E-state index contributed by atoms with van der Waals surface area (Å²) in [5.74, 6) is 0.342. The highest BCUT2D eigenvalue weighted by molar-refractivity contribution is 7.18. The summed E-state index contributed by atoms with van der Waals surface area (Å²) in [7, 11) is 1.79. The Bertz CT molecular complexity index is 988. The summed E-state index contributed by atoms with van der Waals surface area (Å²) in [6.07, 6.45) is 3.31. The molecule has 28 heavy (non-hydrogen) atoms. The van der Waals surface area contributed by atoms with E-state index in [1.54, 1.807) is 40.1 Å². The maximum Gasteiger partial charge on any atom is 0.246 e. The number of nitrogens with zero attached hydrogens (tertiary/aromatic N) is 4. The zero-order valence-corrected chi connectivity index (χ0v) is 18.4. The lowest BCUT2D eigenvalue weighted by Gasteiger charge is -2.21. The highest BCUT2D eigenvalue weighted by Crippen LogP contribution is 2.29. The number of thiazole rings is 1. The van der Waals surface area contributed by atoms with Crippen molar-refractivity contribution in [3.63, 3.8) is 0 Å². The van der Waals surface area contributed by atoms with Crippen molar-refractivity contribution >= 4 is 45.1 Å². The van der Waals surface area contributed by atoms with Gasteiger partial charge in [0.1, 0.15) is 10.2 Å². The average molecular weight is 417 g/mol. The average Bonchev–Trinajstić information content (AvgIpc) is 3.19. The standard InChI is InChI=1S/C21H25ClN4OS/c1-13(2)12-26-20(22)16(14(3)24-26)10-11-19(27)25(5)15(4)21-23-17-8-6-7-9-18(17)28-21/h6-11,13,15H,12H2,1-5H3/b11-10+/t15-/m0/s1. The molecule has 1 amide bonds. The summed E-state index contributed by atoms with van der Waals surface area (Å²) in [5, 5.41) is 5.97. The lowest BCUT2D eigenvalue weighted by molar-refractivity contribution is -0.126. The SMILES string of the molecule is Cc1nn(CC(C)C)c(Cl)c1/C=C/C(=O)N(C)[C@@H](C)c1nc2ccccc2s1. The van der Waals surface area contributed by atoms with Crippen molar-refractivity contribution in [3.8, 4) is 0 Å². The Balaban J connectivity index is 1.75. The Morgan fingerprint density at radius 2 is 2.04 bits per heavy atom. The van der Waals surface area contributed by atoms with Gasteiger partial charge in [0, 0.05) is 25.2 Å². The van der Waals surface area contributed by atoms with E-state index in [9.17, 15) is 4.79 Å². The Morgan fingerprint density at radius 1 is 1.32 bits per heavy atom. The third-order valence-corrected chi connectivity index (χ3v) is 6.24. The number of carbonyl (C=O) groups is 1. The van der Waals surface area contributed by atoms with Gasteiger partial charge in [-0.1, -0.05) is 37.6 Å². The molecule has 0 N–H and O–H groups in total. The van der Waals surface area contributed by atoms with E-state index in [0.29, 0.717) is 11.1 Å². The lowest BCUT2D eigenvalue weighted by atomic mass is 10.2. The number of fused-ring (bicyclic) bond motifs is 1. The number of hydrogen-bond acceptors (Lipinski definition) is 4. The topological polar surface area (TPSA) is 51.0 Å². The molecule has 2 heterocycles.